The highest BCUT2D eigenvalue weighted by atomic mass is 16.6. The van der Waals surface area contributed by atoms with Crippen molar-refractivity contribution in [3.8, 4) is 0 Å². The van der Waals surface area contributed by atoms with Crippen molar-refractivity contribution in [2.75, 3.05) is 19.6 Å². The number of nitrogens with one attached hydrogen (secondary N) is 2. The Balaban J connectivity index is 1.38. The van der Waals surface area contributed by atoms with Crippen LogP contribution in [0.25, 0.3) is 10.9 Å². The fourth-order valence-corrected chi connectivity index (χ4v) is 5.49. The van der Waals surface area contributed by atoms with Gasteiger partial charge in [0.05, 0.1) is 4.92 Å². The van der Waals surface area contributed by atoms with Crippen molar-refractivity contribution in [1.29, 1.82) is 0 Å². The van der Waals surface area contributed by atoms with E-state index in [0.717, 1.165) is 29.3 Å². The first-order chi connectivity index (χ1) is 19.4. The maximum atomic E-state index is 13.9. The van der Waals surface area contributed by atoms with E-state index < -0.39 is 16.9 Å². The van der Waals surface area contributed by atoms with Crippen LogP contribution in [-0.4, -0.2) is 69.1 Å². The molecular weight excluding hydrogens is 522 g/mol. The Morgan fingerprint density at radius 2 is 1.80 bits per heavy atom. The Bertz CT molecular complexity index is 1480. The maximum absolute atomic E-state index is 13.9. The number of fused-ring (bicyclic) bond motifs is 1. The maximum Gasteiger partial charge on any atom is 0.269 e. The van der Waals surface area contributed by atoms with E-state index in [2.05, 4.69) is 43.2 Å². The van der Waals surface area contributed by atoms with E-state index in [9.17, 15) is 24.5 Å². The van der Waals surface area contributed by atoms with Crippen LogP contribution in [-0.2, 0) is 21.4 Å². The van der Waals surface area contributed by atoms with E-state index in [-0.39, 0.29) is 46.9 Å². The number of hydrogen-bond donors (Lipinski definition) is 2. The molecule has 2 heterocycles. The van der Waals surface area contributed by atoms with E-state index in [0.29, 0.717) is 19.6 Å². The fourth-order valence-electron chi connectivity index (χ4n) is 5.49. The van der Waals surface area contributed by atoms with Gasteiger partial charge in [-0.25, -0.2) is 0 Å². The molecule has 0 bridgehead atoms. The number of aromatic nitrogens is 1. The molecule has 1 saturated carbocycles. The number of nitro benzene ring substituents is 1. The lowest BCUT2D eigenvalue weighted by atomic mass is 9.86. The molecule has 0 radical (unpaired) electrons. The molecule has 2 atom stereocenters. The number of non-ortho nitro benzene ring substituents is 1. The van der Waals surface area contributed by atoms with Crippen molar-refractivity contribution in [3.63, 3.8) is 0 Å². The van der Waals surface area contributed by atoms with Crippen molar-refractivity contribution < 1.29 is 19.3 Å². The molecular formula is C31H37N5O5. The van der Waals surface area contributed by atoms with Crippen LogP contribution in [0.4, 0.5) is 5.69 Å². The van der Waals surface area contributed by atoms with E-state index >= 15 is 0 Å². The number of amides is 3. The number of rotatable bonds is 7. The molecule has 2 fully saturated rings. The van der Waals surface area contributed by atoms with Gasteiger partial charge in [0.1, 0.15) is 6.04 Å². The third-order valence-corrected chi connectivity index (χ3v) is 8.15. The van der Waals surface area contributed by atoms with Gasteiger partial charge in [-0.3, -0.25) is 24.5 Å². The molecule has 2 unspecified atom stereocenters. The van der Waals surface area contributed by atoms with Gasteiger partial charge >= 0.3 is 0 Å². The molecule has 1 aliphatic carbocycles. The lowest BCUT2D eigenvalue weighted by Gasteiger charge is -2.41. The molecule has 3 amide bonds. The summed E-state index contributed by atoms with van der Waals surface area (Å²) in [4.78, 5) is 57.3. The smallest absolute Gasteiger partial charge is 0.269 e. The SMILES string of the molecule is CC1CN(C(=O)C(Cc2c[nH]c3cc(C(C)(C)C)ccc23)NC(=O)c2ccc([N+](=O)[O-])cc2)CCN1C(=O)C1CC1. The van der Waals surface area contributed by atoms with Crippen LogP contribution >= 0.6 is 0 Å². The van der Waals surface area contributed by atoms with Gasteiger partial charge in [-0.15, -0.1) is 0 Å². The molecule has 216 valence electrons. The summed E-state index contributed by atoms with van der Waals surface area (Å²) in [6.07, 6.45) is 4.01. The van der Waals surface area contributed by atoms with Crippen LogP contribution in [0, 0.1) is 16.0 Å². The minimum Gasteiger partial charge on any atom is -0.361 e. The normalized spacial score (nSPS) is 18.3. The van der Waals surface area contributed by atoms with Crippen LogP contribution in [0.5, 0.6) is 0 Å². The highest BCUT2D eigenvalue weighted by Crippen LogP contribution is 2.32. The summed E-state index contributed by atoms with van der Waals surface area (Å²) in [5.41, 5.74) is 3.14. The van der Waals surface area contributed by atoms with Crippen molar-refractivity contribution in [1.82, 2.24) is 20.1 Å². The van der Waals surface area contributed by atoms with Crippen LogP contribution in [0.2, 0.25) is 0 Å². The summed E-state index contributed by atoms with van der Waals surface area (Å²) in [7, 11) is 0. The third-order valence-electron chi connectivity index (χ3n) is 8.15. The topological polar surface area (TPSA) is 129 Å². The molecule has 41 heavy (non-hydrogen) atoms. The average Bonchev–Trinajstić information content (AvgIpc) is 3.72. The molecule has 2 aromatic carbocycles. The second kappa shape index (κ2) is 11.0. The molecule has 2 aliphatic rings. The second-order valence-electron chi connectivity index (χ2n) is 12.3. The predicted octanol–water partition coefficient (Wildman–Crippen LogP) is 4.18. The number of benzene rings is 2. The summed E-state index contributed by atoms with van der Waals surface area (Å²) in [6, 6.07) is 10.6. The van der Waals surface area contributed by atoms with Gasteiger partial charge in [0.25, 0.3) is 11.6 Å². The molecule has 3 aromatic rings. The Morgan fingerprint density at radius 3 is 2.41 bits per heavy atom. The Hall–Kier alpha value is -4.21. The number of carbonyl (C=O) groups is 3. The Morgan fingerprint density at radius 1 is 1.10 bits per heavy atom. The van der Waals surface area contributed by atoms with E-state index in [1.165, 1.54) is 29.8 Å². The summed E-state index contributed by atoms with van der Waals surface area (Å²) in [5, 5.41) is 14.9. The van der Waals surface area contributed by atoms with Crippen molar-refractivity contribution in [2.24, 2.45) is 5.92 Å². The monoisotopic (exact) mass is 559 g/mol. The van der Waals surface area contributed by atoms with Crippen LogP contribution in [0.15, 0.2) is 48.7 Å². The molecule has 10 nitrogen and oxygen atoms in total. The quantitative estimate of drug-likeness (QED) is 0.331. The van der Waals surface area contributed by atoms with Crippen LogP contribution < -0.4 is 5.32 Å². The number of piperazine rings is 1. The molecule has 1 saturated heterocycles. The fraction of sp³-hybridized carbons (Fsp3) is 0.452. The number of aromatic amines is 1. The summed E-state index contributed by atoms with van der Waals surface area (Å²) in [5.74, 6) is -0.412. The zero-order valence-electron chi connectivity index (χ0n) is 24.0. The Labute approximate surface area is 239 Å². The van der Waals surface area contributed by atoms with Gasteiger partial charge in [0.15, 0.2) is 0 Å². The van der Waals surface area contributed by atoms with Crippen molar-refractivity contribution >= 4 is 34.3 Å². The van der Waals surface area contributed by atoms with E-state index in [1.54, 1.807) is 4.90 Å². The third kappa shape index (κ3) is 6.11. The zero-order chi connectivity index (χ0) is 29.5. The average molecular weight is 560 g/mol. The summed E-state index contributed by atoms with van der Waals surface area (Å²) in [6.45, 7) is 9.67. The highest BCUT2D eigenvalue weighted by molar-refractivity contribution is 5.98. The first-order valence-corrected chi connectivity index (χ1v) is 14.2. The van der Waals surface area contributed by atoms with Gasteiger partial charge in [-0.1, -0.05) is 32.9 Å². The van der Waals surface area contributed by atoms with Crippen molar-refractivity contribution in [3.05, 3.63) is 75.5 Å². The van der Waals surface area contributed by atoms with Gasteiger partial charge in [-0.2, -0.15) is 0 Å². The minimum atomic E-state index is -0.864. The largest absolute Gasteiger partial charge is 0.361 e. The molecule has 0 spiro atoms. The van der Waals surface area contributed by atoms with Gasteiger partial charge in [-0.05, 0) is 54.5 Å². The standard InChI is InChI=1S/C31H37N5O5/c1-19-18-34(13-14-35(19)29(38)21-5-6-21)30(39)27(33-28(37)20-7-10-24(11-8-20)36(40)41)15-22-17-32-26-16-23(31(2,3)4)9-12-25(22)26/h7-12,16-17,19,21,27,32H,5-6,13-15,18H2,1-4H3,(H,33,37). The van der Waals surface area contributed by atoms with Crippen molar-refractivity contribution in [2.45, 2.75) is 64.5 Å². The first kappa shape index (κ1) is 28.3. The number of hydrogen-bond acceptors (Lipinski definition) is 5. The van der Waals surface area contributed by atoms with E-state index in [4.69, 9.17) is 0 Å². The Kier molecular flexibility index (Phi) is 7.59. The van der Waals surface area contributed by atoms with Gasteiger partial charge < -0.3 is 20.1 Å². The molecule has 5 rings (SSSR count). The summed E-state index contributed by atoms with van der Waals surface area (Å²) >= 11 is 0. The molecule has 1 aromatic heterocycles. The van der Waals surface area contributed by atoms with Crippen LogP contribution in [0.1, 0.15) is 62.0 Å². The number of H-pyrrole nitrogens is 1. The zero-order valence-corrected chi connectivity index (χ0v) is 24.0. The first-order valence-electron chi connectivity index (χ1n) is 14.2. The number of carbonyl (C=O) groups excluding carboxylic acids is 3. The number of nitrogens with zero attached hydrogens (tertiary/aromatic N) is 3. The predicted molar refractivity (Wildman–Crippen MR) is 156 cm³/mol. The molecule has 10 heteroatoms. The minimum absolute atomic E-state index is 0.0174. The van der Waals surface area contributed by atoms with Gasteiger partial charge in [0.2, 0.25) is 11.8 Å². The van der Waals surface area contributed by atoms with E-state index in [1.807, 2.05) is 24.1 Å². The van der Waals surface area contributed by atoms with Crippen LogP contribution in [0.3, 0.4) is 0 Å². The van der Waals surface area contributed by atoms with Gasteiger partial charge in [0, 0.05) is 72.8 Å². The lowest BCUT2D eigenvalue weighted by Crippen LogP contribution is -2.59. The highest BCUT2D eigenvalue weighted by Gasteiger charge is 2.39. The lowest BCUT2D eigenvalue weighted by molar-refractivity contribution is -0.384. The summed E-state index contributed by atoms with van der Waals surface area (Å²) < 4.78 is 0. The molecule has 1 aliphatic heterocycles. The molecule has 2 N–H and O–H groups in total. The second-order valence-corrected chi connectivity index (χ2v) is 12.3. The number of nitro groups is 1.